The van der Waals surface area contributed by atoms with E-state index >= 15 is 0 Å². The molecule has 86 valence electrons. The van der Waals surface area contributed by atoms with E-state index < -0.39 is 11.6 Å². The van der Waals surface area contributed by atoms with Gasteiger partial charge in [0.2, 0.25) is 0 Å². The van der Waals surface area contributed by atoms with E-state index in [0.29, 0.717) is 0 Å². The number of hydrogen-bond donors (Lipinski definition) is 0. The van der Waals surface area contributed by atoms with Gasteiger partial charge in [-0.15, -0.1) is 0 Å². The van der Waals surface area contributed by atoms with Gasteiger partial charge in [0.15, 0.2) is 0 Å². The molecule has 0 spiro atoms. The SMILES string of the molecule is Fc1ccccc1N=S=Nc1ccccc1F. The van der Waals surface area contributed by atoms with Gasteiger partial charge in [-0.3, -0.25) is 0 Å². The lowest BCUT2D eigenvalue weighted by atomic mass is 10.3. The number of benzene rings is 2. The van der Waals surface area contributed by atoms with E-state index in [4.69, 9.17) is 0 Å². The first-order chi connectivity index (χ1) is 8.27. The molecule has 0 unspecified atom stereocenters. The highest BCUT2D eigenvalue weighted by molar-refractivity contribution is 7.57. The molecule has 2 nitrogen and oxygen atoms in total. The van der Waals surface area contributed by atoms with Gasteiger partial charge in [-0.25, -0.2) is 8.78 Å². The Morgan fingerprint density at radius 1 is 0.706 bits per heavy atom. The van der Waals surface area contributed by atoms with Crippen molar-refractivity contribution in [3.05, 3.63) is 60.2 Å². The Labute approximate surface area is 101 Å². The van der Waals surface area contributed by atoms with Crippen molar-refractivity contribution in [2.75, 3.05) is 0 Å². The monoisotopic (exact) mass is 250 g/mol. The third kappa shape index (κ3) is 3.04. The van der Waals surface area contributed by atoms with Gasteiger partial charge < -0.3 is 0 Å². The summed E-state index contributed by atoms with van der Waals surface area (Å²) >= 11 is 0.758. The van der Waals surface area contributed by atoms with Gasteiger partial charge in [0.25, 0.3) is 0 Å². The average Bonchev–Trinajstić information content (AvgIpc) is 2.34. The molecule has 17 heavy (non-hydrogen) atoms. The van der Waals surface area contributed by atoms with Crippen LogP contribution in [0, 0.1) is 11.6 Å². The summed E-state index contributed by atoms with van der Waals surface area (Å²) in [5.41, 5.74) is 0.384. The van der Waals surface area contributed by atoms with Crippen LogP contribution >= 0.6 is 0 Å². The Kier molecular flexibility index (Phi) is 3.72. The summed E-state index contributed by atoms with van der Waals surface area (Å²) in [7, 11) is 0. The maximum atomic E-state index is 13.2. The van der Waals surface area contributed by atoms with Gasteiger partial charge in [0.1, 0.15) is 23.0 Å². The van der Waals surface area contributed by atoms with E-state index in [1.165, 1.54) is 24.3 Å². The Morgan fingerprint density at radius 2 is 1.12 bits per heavy atom. The fourth-order valence-corrected chi connectivity index (χ4v) is 1.67. The average molecular weight is 250 g/mol. The summed E-state index contributed by atoms with van der Waals surface area (Å²) in [4.78, 5) is 0. The van der Waals surface area contributed by atoms with Crippen LogP contribution in [0.4, 0.5) is 20.2 Å². The van der Waals surface area contributed by atoms with Crippen molar-refractivity contribution in [3.63, 3.8) is 0 Å². The Morgan fingerprint density at radius 3 is 1.53 bits per heavy atom. The predicted octanol–water partition coefficient (Wildman–Crippen LogP) is 4.38. The van der Waals surface area contributed by atoms with Crippen LogP contribution in [0.5, 0.6) is 0 Å². The van der Waals surface area contributed by atoms with Crippen LogP contribution in [-0.2, 0) is 11.4 Å². The van der Waals surface area contributed by atoms with E-state index in [2.05, 4.69) is 8.73 Å². The molecule has 0 saturated carbocycles. The molecular formula is C12H8F2N2S. The minimum absolute atomic E-state index is 0.192. The molecule has 0 atom stereocenters. The maximum Gasteiger partial charge on any atom is 0.149 e. The van der Waals surface area contributed by atoms with Crippen LogP contribution in [0.1, 0.15) is 0 Å². The zero-order chi connectivity index (χ0) is 12.1. The van der Waals surface area contributed by atoms with Crippen LogP contribution in [-0.4, -0.2) is 0 Å². The maximum absolute atomic E-state index is 13.2. The second kappa shape index (κ2) is 5.45. The molecule has 2 aromatic carbocycles. The van der Waals surface area contributed by atoms with E-state index in [1.54, 1.807) is 24.3 Å². The molecule has 0 aliphatic carbocycles. The molecule has 0 radical (unpaired) electrons. The molecule has 2 aromatic rings. The third-order valence-corrected chi connectivity index (χ3v) is 2.54. The fourth-order valence-electron chi connectivity index (χ4n) is 1.16. The zero-order valence-electron chi connectivity index (χ0n) is 8.68. The van der Waals surface area contributed by atoms with Gasteiger partial charge in [0.05, 0.1) is 11.4 Å². The molecule has 0 fully saturated rings. The molecule has 0 heterocycles. The Bertz CT molecular complexity index is 543. The van der Waals surface area contributed by atoms with E-state index in [9.17, 15) is 8.78 Å². The molecule has 0 bridgehead atoms. The highest BCUT2D eigenvalue weighted by atomic mass is 32.1. The van der Waals surface area contributed by atoms with Crippen LogP contribution in [0.3, 0.4) is 0 Å². The first kappa shape index (κ1) is 11.6. The number of rotatable bonds is 2. The van der Waals surface area contributed by atoms with E-state index in [0.717, 1.165) is 11.4 Å². The molecule has 0 N–H and O–H groups in total. The van der Waals surface area contributed by atoms with Crippen molar-refractivity contribution >= 4 is 22.7 Å². The molecule has 2 rings (SSSR count). The number of hydrogen-bond acceptors (Lipinski definition) is 2. The summed E-state index contributed by atoms with van der Waals surface area (Å²) in [6.07, 6.45) is 0. The van der Waals surface area contributed by atoms with Gasteiger partial charge in [-0.1, -0.05) is 24.3 Å². The highest BCUT2D eigenvalue weighted by Gasteiger charge is 1.97. The molecule has 0 aliphatic heterocycles. The lowest BCUT2D eigenvalue weighted by molar-refractivity contribution is 0.630. The van der Waals surface area contributed by atoms with E-state index in [-0.39, 0.29) is 11.4 Å². The first-order valence-electron chi connectivity index (χ1n) is 4.85. The Balaban J connectivity index is 2.28. The summed E-state index contributed by atoms with van der Waals surface area (Å²) in [5.74, 6) is -0.854. The Hall–Kier alpha value is -1.88. The quantitative estimate of drug-likeness (QED) is 0.755. The van der Waals surface area contributed by atoms with Gasteiger partial charge in [-0.05, 0) is 24.3 Å². The predicted molar refractivity (Wildman–Crippen MR) is 64.3 cm³/mol. The first-order valence-corrected chi connectivity index (χ1v) is 5.58. The molecule has 0 amide bonds. The highest BCUT2D eigenvalue weighted by Crippen LogP contribution is 2.18. The van der Waals surface area contributed by atoms with Crippen LogP contribution < -0.4 is 0 Å². The van der Waals surface area contributed by atoms with Crippen molar-refractivity contribution in [1.29, 1.82) is 0 Å². The smallest absolute Gasteiger partial charge is 0.149 e. The minimum atomic E-state index is -0.427. The van der Waals surface area contributed by atoms with Crippen molar-refractivity contribution in [1.82, 2.24) is 0 Å². The van der Waals surface area contributed by atoms with Gasteiger partial charge >= 0.3 is 0 Å². The number of nitrogens with zero attached hydrogens (tertiary/aromatic N) is 2. The molecular weight excluding hydrogens is 242 g/mol. The molecule has 0 aromatic heterocycles. The summed E-state index contributed by atoms with van der Waals surface area (Å²) in [5, 5.41) is 0. The van der Waals surface area contributed by atoms with E-state index in [1.807, 2.05) is 0 Å². The summed E-state index contributed by atoms with van der Waals surface area (Å²) in [6.45, 7) is 0. The summed E-state index contributed by atoms with van der Waals surface area (Å²) in [6, 6.07) is 12.2. The van der Waals surface area contributed by atoms with Crippen LogP contribution in [0.25, 0.3) is 0 Å². The molecule has 5 heteroatoms. The minimum Gasteiger partial charge on any atom is -0.205 e. The second-order valence-electron chi connectivity index (χ2n) is 3.17. The zero-order valence-corrected chi connectivity index (χ0v) is 9.49. The second-order valence-corrected chi connectivity index (χ2v) is 3.70. The largest absolute Gasteiger partial charge is 0.205 e. The molecule has 0 saturated heterocycles. The van der Waals surface area contributed by atoms with Gasteiger partial charge in [-0.2, -0.15) is 8.73 Å². The topological polar surface area (TPSA) is 24.7 Å². The van der Waals surface area contributed by atoms with Gasteiger partial charge in [0, 0.05) is 0 Å². The van der Waals surface area contributed by atoms with Crippen molar-refractivity contribution in [2.45, 2.75) is 0 Å². The molecule has 0 aliphatic rings. The summed E-state index contributed by atoms with van der Waals surface area (Å²) < 4.78 is 34.0. The number of halogens is 2. The van der Waals surface area contributed by atoms with Crippen molar-refractivity contribution in [2.24, 2.45) is 8.73 Å². The normalized spacial score (nSPS) is 9.76. The van der Waals surface area contributed by atoms with Crippen molar-refractivity contribution in [3.8, 4) is 0 Å². The fraction of sp³-hybridized carbons (Fsp3) is 0. The third-order valence-electron chi connectivity index (χ3n) is 1.98. The van der Waals surface area contributed by atoms with Crippen molar-refractivity contribution < 1.29 is 8.78 Å². The standard InChI is InChI=1S/C12H8F2N2S/c13-9-5-1-3-7-11(9)15-17-16-12-8-4-2-6-10(12)14/h1-8H. The lowest BCUT2D eigenvalue weighted by Gasteiger charge is -1.92. The van der Waals surface area contributed by atoms with Crippen LogP contribution in [0.2, 0.25) is 0 Å². The lowest BCUT2D eigenvalue weighted by Crippen LogP contribution is -1.73. The van der Waals surface area contributed by atoms with Crippen LogP contribution in [0.15, 0.2) is 57.3 Å².